The molecule has 0 heterocycles. The fraction of sp³-hybridized carbons (Fsp3) is 0.600. The summed E-state index contributed by atoms with van der Waals surface area (Å²) < 4.78 is 0. The van der Waals surface area contributed by atoms with E-state index in [1.807, 2.05) is 0 Å². The maximum absolute atomic E-state index is 3.56. The Hall–Kier alpha value is -1.02. The minimum atomic E-state index is 0.433. The first kappa shape index (κ1) is 14.0. The monoisotopic (exact) mass is 234 g/mol. The third-order valence-electron chi connectivity index (χ3n) is 3.28. The Balaban J connectivity index is 2.61. The van der Waals surface area contributed by atoms with Crippen LogP contribution in [0.1, 0.15) is 52.1 Å². The Bertz CT molecular complexity index is 301. The molecule has 0 fully saturated rings. The highest BCUT2D eigenvalue weighted by molar-refractivity contribution is 5.45. The largest absolute Gasteiger partial charge is 0.382 e. The predicted octanol–water partition coefficient (Wildman–Crippen LogP) is 3.96. The van der Waals surface area contributed by atoms with E-state index < -0.39 is 0 Å². The van der Waals surface area contributed by atoms with Gasteiger partial charge in [-0.1, -0.05) is 32.9 Å². The van der Waals surface area contributed by atoms with Gasteiger partial charge >= 0.3 is 0 Å². The van der Waals surface area contributed by atoms with Crippen LogP contribution in [0.4, 0.5) is 5.69 Å². The molecule has 0 aromatic heterocycles. The van der Waals surface area contributed by atoms with E-state index in [2.05, 4.69) is 62.6 Å². The lowest BCUT2D eigenvalue weighted by atomic mass is 10.1. The standard InChI is InChI=1S/C15H26N2/c1-5-14(6-2)17-15-10-8-13(9-11-15)12(4)16-7-3/h8-12,14,16-17H,5-7H2,1-4H3. The normalized spacial score (nSPS) is 12.8. The molecule has 2 heteroatoms. The maximum atomic E-state index is 3.56. The van der Waals surface area contributed by atoms with Crippen LogP contribution in [0.15, 0.2) is 24.3 Å². The van der Waals surface area contributed by atoms with Gasteiger partial charge in [0.25, 0.3) is 0 Å². The summed E-state index contributed by atoms with van der Waals surface area (Å²) in [6, 6.07) is 9.80. The first-order valence-electron chi connectivity index (χ1n) is 6.81. The van der Waals surface area contributed by atoms with Crippen molar-refractivity contribution in [1.29, 1.82) is 0 Å². The minimum absolute atomic E-state index is 0.433. The third kappa shape index (κ3) is 4.39. The van der Waals surface area contributed by atoms with Crippen molar-refractivity contribution >= 4 is 5.69 Å². The number of hydrogen-bond donors (Lipinski definition) is 2. The van der Waals surface area contributed by atoms with Crippen LogP contribution in [0.5, 0.6) is 0 Å². The van der Waals surface area contributed by atoms with E-state index in [0.29, 0.717) is 12.1 Å². The average Bonchev–Trinajstić information content (AvgIpc) is 2.37. The summed E-state index contributed by atoms with van der Waals surface area (Å²) >= 11 is 0. The lowest BCUT2D eigenvalue weighted by molar-refractivity contribution is 0.598. The second kappa shape index (κ2) is 7.33. The van der Waals surface area contributed by atoms with Gasteiger partial charge < -0.3 is 10.6 Å². The molecule has 0 aliphatic heterocycles. The highest BCUT2D eigenvalue weighted by Gasteiger charge is 2.05. The zero-order valence-electron chi connectivity index (χ0n) is 11.6. The van der Waals surface area contributed by atoms with Crippen LogP contribution >= 0.6 is 0 Å². The summed E-state index contributed by atoms with van der Waals surface area (Å²) in [4.78, 5) is 0. The van der Waals surface area contributed by atoms with Gasteiger partial charge in [0.15, 0.2) is 0 Å². The van der Waals surface area contributed by atoms with Gasteiger partial charge in [0.2, 0.25) is 0 Å². The zero-order chi connectivity index (χ0) is 12.7. The van der Waals surface area contributed by atoms with E-state index in [-0.39, 0.29) is 0 Å². The second-order valence-electron chi connectivity index (χ2n) is 4.56. The lowest BCUT2D eigenvalue weighted by Crippen LogP contribution is -2.18. The van der Waals surface area contributed by atoms with Crippen molar-refractivity contribution in [3.05, 3.63) is 29.8 Å². The van der Waals surface area contributed by atoms with Gasteiger partial charge in [-0.05, 0) is 44.0 Å². The number of nitrogens with one attached hydrogen (secondary N) is 2. The summed E-state index contributed by atoms with van der Waals surface area (Å²) in [6.45, 7) is 9.80. The SMILES string of the molecule is CCNC(C)c1ccc(NC(CC)CC)cc1. The number of benzene rings is 1. The van der Waals surface area contributed by atoms with Gasteiger partial charge in [-0.15, -0.1) is 0 Å². The Morgan fingerprint density at radius 3 is 2.06 bits per heavy atom. The van der Waals surface area contributed by atoms with Crippen LogP contribution in [0.3, 0.4) is 0 Å². The van der Waals surface area contributed by atoms with Gasteiger partial charge in [0, 0.05) is 17.8 Å². The highest BCUT2D eigenvalue weighted by atomic mass is 14.9. The maximum Gasteiger partial charge on any atom is 0.0342 e. The average molecular weight is 234 g/mol. The molecule has 1 atom stereocenters. The molecule has 96 valence electrons. The van der Waals surface area contributed by atoms with Gasteiger partial charge in [0.05, 0.1) is 0 Å². The number of anilines is 1. The Morgan fingerprint density at radius 1 is 1.00 bits per heavy atom. The minimum Gasteiger partial charge on any atom is -0.382 e. The van der Waals surface area contributed by atoms with E-state index in [1.165, 1.54) is 24.1 Å². The molecule has 0 bridgehead atoms. The summed E-state index contributed by atoms with van der Waals surface area (Å²) in [5.41, 5.74) is 2.58. The summed E-state index contributed by atoms with van der Waals surface area (Å²) in [5, 5.41) is 6.98. The first-order valence-corrected chi connectivity index (χ1v) is 6.81. The molecule has 17 heavy (non-hydrogen) atoms. The topological polar surface area (TPSA) is 24.1 Å². The summed E-state index contributed by atoms with van der Waals surface area (Å²) in [7, 11) is 0. The Morgan fingerprint density at radius 2 is 1.59 bits per heavy atom. The van der Waals surface area contributed by atoms with Crippen LogP contribution in [-0.2, 0) is 0 Å². The lowest BCUT2D eigenvalue weighted by Gasteiger charge is -2.17. The highest BCUT2D eigenvalue weighted by Crippen LogP contribution is 2.17. The van der Waals surface area contributed by atoms with Crippen LogP contribution in [0.25, 0.3) is 0 Å². The quantitative estimate of drug-likeness (QED) is 0.746. The molecule has 0 amide bonds. The van der Waals surface area contributed by atoms with E-state index >= 15 is 0 Å². The van der Waals surface area contributed by atoms with E-state index in [1.54, 1.807) is 0 Å². The second-order valence-corrected chi connectivity index (χ2v) is 4.56. The molecule has 1 unspecified atom stereocenters. The molecule has 0 spiro atoms. The smallest absolute Gasteiger partial charge is 0.0342 e. The Labute approximate surface area is 106 Å². The molecule has 1 aromatic carbocycles. The van der Waals surface area contributed by atoms with Gasteiger partial charge in [-0.2, -0.15) is 0 Å². The van der Waals surface area contributed by atoms with Crippen LogP contribution < -0.4 is 10.6 Å². The molecule has 0 radical (unpaired) electrons. The van der Waals surface area contributed by atoms with Crippen molar-refractivity contribution in [3.63, 3.8) is 0 Å². The van der Waals surface area contributed by atoms with Crippen molar-refractivity contribution in [2.75, 3.05) is 11.9 Å². The molecule has 2 nitrogen and oxygen atoms in total. The molecule has 1 aromatic rings. The van der Waals surface area contributed by atoms with Gasteiger partial charge in [-0.25, -0.2) is 0 Å². The van der Waals surface area contributed by atoms with E-state index in [0.717, 1.165) is 6.54 Å². The van der Waals surface area contributed by atoms with Crippen molar-refractivity contribution < 1.29 is 0 Å². The molecule has 0 saturated carbocycles. The van der Waals surface area contributed by atoms with Crippen molar-refractivity contribution in [2.45, 2.75) is 52.6 Å². The van der Waals surface area contributed by atoms with Gasteiger partial charge in [-0.3, -0.25) is 0 Å². The predicted molar refractivity (Wildman–Crippen MR) is 76.5 cm³/mol. The molecular formula is C15H26N2. The molecule has 0 saturated heterocycles. The summed E-state index contributed by atoms with van der Waals surface area (Å²) in [6.07, 6.45) is 2.35. The van der Waals surface area contributed by atoms with Gasteiger partial charge in [0.1, 0.15) is 0 Å². The third-order valence-corrected chi connectivity index (χ3v) is 3.28. The fourth-order valence-electron chi connectivity index (χ4n) is 2.02. The zero-order valence-corrected chi connectivity index (χ0v) is 11.6. The van der Waals surface area contributed by atoms with Crippen LogP contribution in [-0.4, -0.2) is 12.6 Å². The first-order chi connectivity index (χ1) is 8.21. The van der Waals surface area contributed by atoms with Crippen LogP contribution in [0, 0.1) is 0 Å². The summed E-state index contributed by atoms with van der Waals surface area (Å²) in [5.74, 6) is 0. The van der Waals surface area contributed by atoms with Crippen LogP contribution in [0.2, 0.25) is 0 Å². The molecule has 2 N–H and O–H groups in total. The molecular weight excluding hydrogens is 208 g/mol. The molecule has 0 aliphatic carbocycles. The van der Waals surface area contributed by atoms with E-state index in [9.17, 15) is 0 Å². The molecule has 1 rings (SSSR count). The Kier molecular flexibility index (Phi) is 6.06. The molecule has 0 aliphatic rings. The fourth-order valence-corrected chi connectivity index (χ4v) is 2.02. The number of rotatable bonds is 7. The van der Waals surface area contributed by atoms with Crippen molar-refractivity contribution in [2.24, 2.45) is 0 Å². The van der Waals surface area contributed by atoms with E-state index in [4.69, 9.17) is 0 Å². The van der Waals surface area contributed by atoms with Crippen molar-refractivity contribution in [3.8, 4) is 0 Å². The van der Waals surface area contributed by atoms with Crippen molar-refractivity contribution in [1.82, 2.24) is 5.32 Å². The number of hydrogen-bond acceptors (Lipinski definition) is 2.